The Morgan fingerprint density at radius 2 is 2.25 bits per heavy atom. The van der Waals surface area contributed by atoms with Crippen LogP contribution in [0.4, 0.5) is 0 Å². The quantitative estimate of drug-likeness (QED) is 0.672. The van der Waals surface area contributed by atoms with Crippen LogP contribution in [0.25, 0.3) is 0 Å². The minimum Gasteiger partial charge on any atom is -0.396 e. The normalized spacial score (nSPS) is 31.5. The molecule has 1 saturated heterocycles. The molecule has 0 amide bonds. The molecule has 72 valence electrons. The average Bonchev–Trinajstić information content (AvgIpc) is 2.30. The number of aliphatic hydroxyl groups is 1. The van der Waals surface area contributed by atoms with Crippen molar-refractivity contribution in [2.45, 2.75) is 32.6 Å². The molecule has 2 nitrogen and oxygen atoms in total. The van der Waals surface area contributed by atoms with E-state index in [9.17, 15) is 0 Å². The van der Waals surface area contributed by atoms with Gasteiger partial charge in [0.2, 0.25) is 0 Å². The molecule has 12 heavy (non-hydrogen) atoms. The van der Waals surface area contributed by atoms with Crippen LogP contribution in [-0.4, -0.2) is 24.8 Å². The van der Waals surface area contributed by atoms with Gasteiger partial charge in [-0.25, -0.2) is 0 Å². The van der Waals surface area contributed by atoms with Gasteiger partial charge in [0.1, 0.15) is 0 Å². The Balaban J connectivity index is 2.31. The van der Waals surface area contributed by atoms with Crippen LogP contribution >= 0.6 is 0 Å². The van der Waals surface area contributed by atoms with Gasteiger partial charge in [0, 0.05) is 6.61 Å². The van der Waals surface area contributed by atoms with E-state index in [0.717, 1.165) is 25.4 Å². The summed E-state index contributed by atoms with van der Waals surface area (Å²) in [6.45, 7) is 4.86. The molecule has 0 aromatic carbocycles. The standard InChI is InChI=1S/C10H21NO/c1-2-3-9-6-10(8-12)4-5-11-7-9/h9-12H,2-8H2,1H3. The van der Waals surface area contributed by atoms with Crippen molar-refractivity contribution in [1.82, 2.24) is 5.32 Å². The monoisotopic (exact) mass is 171 g/mol. The van der Waals surface area contributed by atoms with Crippen molar-refractivity contribution in [2.24, 2.45) is 11.8 Å². The molecular formula is C10H21NO. The lowest BCUT2D eigenvalue weighted by Gasteiger charge is -2.16. The van der Waals surface area contributed by atoms with E-state index in [0.29, 0.717) is 12.5 Å². The highest BCUT2D eigenvalue weighted by atomic mass is 16.3. The van der Waals surface area contributed by atoms with Crippen molar-refractivity contribution in [1.29, 1.82) is 0 Å². The number of nitrogens with one attached hydrogen (secondary N) is 1. The highest BCUT2D eigenvalue weighted by molar-refractivity contribution is 4.72. The van der Waals surface area contributed by atoms with Crippen molar-refractivity contribution in [3.8, 4) is 0 Å². The summed E-state index contributed by atoms with van der Waals surface area (Å²) in [5.41, 5.74) is 0. The van der Waals surface area contributed by atoms with Gasteiger partial charge in [-0.3, -0.25) is 0 Å². The van der Waals surface area contributed by atoms with Gasteiger partial charge in [0.15, 0.2) is 0 Å². The lowest BCUT2D eigenvalue weighted by Crippen LogP contribution is -2.20. The number of hydrogen-bond acceptors (Lipinski definition) is 2. The zero-order valence-corrected chi connectivity index (χ0v) is 8.05. The van der Waals surface area contributed by atoms with E-state index in [1.54, 1.807) is 0 Å². The molecule has 0 aromatic heterocycles. The van der Waals surface area contributed by atoms with Crippen LogP contribution in [0.2, 0.25) is 0 Å². The summed E-state index contributed by atoms with van der Waals surface area (Å²) in [5.74, 6) is 1.35. The van der Waals surface area contributed by atoms with E-state index in [2.05, 4.69) is 12.2 Å². The molecule has 0 aliphatic carbocycles. The van der Waals surface area contributed by atoms with E-state index < -0.39 is 0 Å². The fourth-order valence-corrected chi connectivity index (χ4v) is 2.08. The summed E-state index contributed by atoms with van der Waals surface area (Å²) < 4.78 is 0. The average molecular weight is 171 g/mol. The summed E-state index contributed by atoms with van der Waals surface area (Å²) in [4.78, 5) is 0. The Kier molecular flexibility index (Phi) is 4.62. The van der Waals surface area contributed by atoms with Gasteiger partial charge in [-0.05, 0) is 44.2 Å². The van der Waals surface area contributed by atoms with Gasteiger partial charge in [-0.15, -0.1) is 0 Å². The molecule has 0 aromatic rings. The molecule has 0 saturated carbocycles. The number of rotatable bonds is 3. The van der Waals surface area contributed by atoms with E-state index in [-0.39, 0.29) is 0 Å². The van der Waals surface area contributed by atoms with Crippen LogP contribution in [0.3, 0.4) is 0 Å². The third-order valence-electron chi connectivity index (χ3n) is 2.78. The first-order chi connectivity index (χ1) is 5.86. The first-order valence-corrected chi connectivity index (χ1v) is 5.18. The second-order valence-electron chi connectivity index (χ2n) is 3.93. The second kappa shape index (κ2) is 5.55. The molecule has 2 N–H and O–H groups in total. The second-order valence-corrected chi connectivity index (χ2v) is 3.93. The molecule has 0 spiro atoms. The molecule has 2 heteroatoms. The predicted octanol–water partition coefficient (Wildman–Crippen LogP) is 1.39. The van der Waals surface area contributed by atoms with Crippen molar-refractivity contribution < 1.29 is 5.11 Å². The van der Waals surface area contributed by atoms with Gasteiger partial charge in [-0.1, -0.05) is 13.3 Å². The van der Waals surface area contributed by atoms with Crippen molar-refractivity contribution in [3.63, 3.8) is 0 Å². The van der Waals surface area contributed by atoms with Crippen molar-refractivity contribution in [3.05, 3.63) is 0 Å². The minimum absolute atomic E-state index is 0.377. The lowest BCUT2D eigenvalue weighted by atomic mass is 9.91. The van der Waals surface area contributed by atoms with Crippen molar-refractivity contribution in [2.75, 3.05) is 19.7 Å². The minimum atomic E-state index is 0.377. The zero-order chi connectivity index (χ0) is 8.81. The fraction of sp³-hybridized carbons (Fsp3) is 1.00. The van der Waals surface area contributed by atoms with Crippen molar-refractivity contribution >= 4 is 0 Å². The predicted molar refractivity (Wildman–Crippen MR) is 51.1 cm³/mol. The Morgan fingerprint density at radius 1 is 1.42 bits per heavy atom. The summed E-state index contributed by atoms with van der Waals surface area (Å²) in [7, 11) is 0. The lowest BCUT2D eigenvalue weighted by molar-refractivity contribution is 0.200. The largest absolute Gasteiger partial charge is 0.396 e. The molecule has 2 unspecified atom stereocenters. The molecule has 1 aliphatic rings. The maximum absolute atomic E-state index is 9.07. The highest BCUT2D eigenvalue weighted by Crippen LogP contribution is 2.21. The SMILES string of the molecule is CCCC1CNCCC(CO)C1. The highest BCUT2D eigenvalue weighted by Gasteiger charge is 2.18. The molecule has 0 radical (unpaired) electrons. The Bertz CT molecular complexity index is 116. The van der Waals surface area contributed by atoms with E-state index >= 15 is 0 Å². The maximum atomic E-state index is 9.07. The molecule has 0 bridgehead atoms. The van der Waals surface area contributed by atoms with Gasteiger partial charge >= 0.3 is 0 Å². The zero-order valence-electron chi connectivity index (χ0n) is 8.05. The van der Waals surface area contributed by atoms with Crippen LogP contribution in [0.15, 0.2) is 0 Å². The van der Waals surface area contributed by atoms with Crippen LogP contribution in [0.5, 0.6) is 0 Å². The van der Waals surface area contributed by atoms with Gasteiger partial charge in [0.25, 0.3) is 0 Å². The smallest absolute Gasteiger partial charge is 0.0459 e. The molecule has 2 atom stereocenters. The van der Waals surface area contributed by atoms with E-state index in [1.807, 2.05) is 0 Å². The summed E-state index contributed by atoms with van der Waals surface area (Å²) in [6, 6.07) is 0. The molecular weight excluding hydrogens is 150 g/mol. The van der Waals surface area contributed by atoms with Crippen LogP contribution in [-0.2, 0) is 0 Å². The van der Waals surface area contributed by atoms with Crippen LogP contribution < -0.4 is 5.32 Å². The Labute approximate surface area is 75.4 Å². The van der Waals surface area contributed by atoms with Gasteiger partial charge < -0.3 is 10.4 Å². The van der Waals surface area contributed by atoms with Gasteiger partial charge in [0.05, 0.1) is 0 Å². The van der Waals surface area contributed by atoms with Gasteiger partial charge in [-0.2, -0.15) is 0 Å². The third-order valence-corrected chi connectivity index (χ3v) is 2.78. The Morgan fingerprint density at radius 3 is 2.92 bits per heavy atom. The third kappa shape index (κ3) is 3.11. The Hall–Kier alpha value is -0.0800. The number of aliphatic hydroxyl groups excluding tert-OH is 1. The van der Waals surface area contributed by atoms with Crippen LogP contribution in [0.1, 0.15) is 32.6 Å². The molecule has 1 fully saturated rings. The van der Waals surface area contributed by atoms with E-state index in [4.69, 9.17) is 5.11 Å². The van der Waals surface area contributed by atoms with Crippen LogP contribution in [0, 0.1) is 11.8 Å². The summed E-state index contributed by atoms with van der Waals surface area (Å²) in [6.07, 6.45) is 4.95. The molecule has 1 rings (SSSR count). The number of hydrogen-bond donors (Lipinski definition) is 2. The molecule has 1 aliphatic heterocycles. The first kappa shape index (κ1) is 10.0. The molecule has 1 heterocycles. The topological polar surface area (TPSA) is 32.3 Å². The fourth-order valence-electron chi connectivity index (χ4n) is 2.08. The van der Waals surface area contributed by atoms with E-state index in [1.165, 1.54) is 19.3 Å². The summed E-state index contributed by atoms with van der Waals surface area (Å²) >= 11 is 0. The maximum Gasteiger partial charge on any atom is 0.0459 e. The summed E-state index contributed by atoms with van der Waals surface area (Å²) in [5, 5.41) is 12.5. The first-order valence-electron chi connectivity index (χ1n) is 5.18.